The highest BCUT2D eigenvalue weighted by molar-refractivity contribution is 6.39. The van der Waals surface area contributed by atoms with Crippen LogP contribution in [0.25, 0.3) is 17.0 Å². The molecule has 4 rings (SSSR count). The Morgan fingerprint density at radius 1 is 1.10 bits per heavy atom. The second kappa shape index (κ2) is 7.09. The number of amides is 4. The predicted octanol–water partition coefficient (Wildman–Crippen LogP) is 3.08. The largest absolute Gasteiger partial charge is 0.335 e. The van der Waals surface area contributed by atoms with E-state index in [1.54, 1.807) is 6.20 Å². The van der Waals surface area contributed by atoms with Crippen molar-refractivity contribution in [3.8, 4) is 12.3 Å². The van der Waals surface area contributed by atoms with Crippen LogP contribution in [-0.4, -0.2) is 22.4 Å². The number of carbonyl (C=O) groups excluding carboxylic acids is 3. The molecule has 1 aliphatic heterocycles. The summed E-state index contributed by atoms with van der Waals surface area (Å²) in [5, 5.41) is 2.92. The van der Waals surface area contributed by atoms with Crippen LogP contribution in [-0.2, 0) is 16.1 Å². The number of carbonyl (C=O) groups is 3. The number of terminal acetylenes is 1. The lowest BCUT2D eigenvalue weighted by Gasteiger charge is -2.26. The maximum atomic E-state index is 13.6. The molecule has 1 aromatic heterocycles. The fraction of sp³-hybridized carbons (Fsp3) is 0.0455. The summed E-state index contributed by atoms with van der Waals surface area (Å²) in [6.45, 7) is 0.317. The molecule has 0 atom stereocenters. The minimum Gasteiger partial charge on any atom is -0.335 e. The van der Waals surface area contributed by atoms with Crippen molar-refractivity contribution in [2.75, 3.05) is 4.90 Å². The first-order valence-corrected chi connectivity index (χ1v) is 8.68. The Labute approximate surface area is 165 Å². The molecule has 1 fully saturated rings. The number of para-hydroxylation sites is 1. The average Bonchev–Trinajstić information content (AvgIpc) is 3.03. The Bertz CT molecular complexity index is 1250. The molecule has 142 valence electrons. The smallest absolute Gasteiger partial charge is 0.335 e. The summed E-state index contributed by atoms with van der Waals surface area (Å²) in [5.41, 5.74) is 1.24. The highest BCUT2D eigenvalue weighted by Crippen LogP contribution is 2.26. The van der Waals surface area contributed by atoms with Crippen molar-refractivity contribution in [2.45, 2.75) is 6.54 Å². The van der Waals surface area contributed by atoms with E-state index in [0.29, 0.717) is 12.1 Å². The van der Waals surface area contributed by atoms with E-state index in [4.69, 9.17) is 6.42 Å². The third-order valence-corrected chi connectivity index (χ3v) is 4.55. The fourth-order valence-corrected chi connectivity index (χ4v) is 3.28. The number of fused-ring (bicyclic) bond motifs is 1. The van der Waals surface area contributed by atoms with E-state index in [-0.39, 0.29) is 11.3 Å². The van der Waals surface area contributed by atoms with Crippen LogP contribution in [0, 0.1) is 18.2 Å². The van der Waals surface area contributed by atoms with E-state index in [1.807, 2.05) is 28.8 Å². The van der Waals surface area contributed by atoms with Crippen molar-refractivity contribution in [3.63, 3.8) is 0 Å². The summed E-state index contributed by atoms with van der Waals surface area (Å²) < 4.78 is 15.4. The van der Waals surface area contributed by atoms with E-state index in [2.05, 4.69) is 11.2 Å². The topological polar surface area (TPSA) is 71.4 Å². The molecule has 2 heterocycles. The van der Waals surface area contributed by atoms with Crippen molar-refractivity contribution in [1.82, 2.24) is 9.88 Å². The number of anilines is 1. The molecule has 1 saturated heterocycles. The lowest BCUT2D eigenvalue weighted by Crippen LogP contribution is -2.54. The number of aromatic nitrogens is 1. The van der Waals surface area contributed by atoms with Crippen molar-refractivity contribution in [2.24, 2.45) is 0 Å². The number of hydrogen-bond donors (Lipinski definition) is 1. The summed E-state index contributed by atoms with van der Waals surface area (Å²) in [7, 11) is 0. The van der Waals surface area contributed by atoms with Crippen LogP contribution in [0.5, 0.6) is 0 Å². The SMILES string of the molecule is C#CCn1cc(C=C2C(=O)NC(=O)N(c3cccc(F)c3)C2=O)c2ccccc21. The summed E-state index contributed by atoms with van der Waals surface area (Å²) >= 11 is 0. The molecule has 1 N–H and O–H groups in total. The Balaban J connectivity index is 1.82. The highest BCUT2D eigenvalue weighted by atomic mass is 19.1. The zero-order valence-electron chi connectivity index (χ0n) is 15.1. The first-order valence-electron chi connectivity index (χ1n) is 8.68. The molecule has 4 amide bonds. The van der Waals surface area contributed by atoms with E-state index in [9.17, 15) is 18.8 Å². The second-order valence-corrected chi connectivity index (χ2v) is 6.37. The number of nitrogens with one attached hydrogen (secondary N) is 1. The zero-order valence-corrected chi connectivity index (χ0v) is 15.1. The van der Waals surface area contributed by atoms with Gasteiger partial charge in [0.1, 0.15) is 11.4 Å². The molecular weight excluding hydrogens is 373 g/mol. The molecule has 0 unspecified atom stereocenters. The monoisotopic (exact) mass is 387 g/mol. The molecule has 0 saturated carbocycles. The highest BCUT2D eigenvalue weighted by Gasteiger charge is 2.37. The van der Waals surface area contributed by atoms with Gasteiger partial charge in [0.15, 0.2) is 0 Å². The first kappa shape index (κ1) is 18.2. The summed E-state index contributed by atoms with van der Waals surface area (Å²) in [6, 6.07) is 11.5. The van der Waals surface area contributed by atoms with Gasteiger partial charge in [-0.3, -0.25) is 14.9 Å². The number of barbiturate groups is 1. The fourth-order valence-electron chi connectivity index (χ4n) is 3.28. The minimum atomic E-state index is -0.933. The molecule has 1 aliphatic rings. The van der Waals surface area contributed by atoms with Gasteiger partial charge in [-0.1, -0.05) is 30.2 Å². The maximum Gasteiger partial charge on any atom is 0.335 e. The maximum absolute atomic E-state index is 13.6. The summed E-state index contributed by atoms with van der Waals surface area (Å²) in [6.07, 6.45) is 8.57. The van der Waals surface area contributed by atoms with Crippen molar-refractivity contribution < 1.29 is 18.8 Å². The Kier molecular flexibility index (Phi) is 4.45. The zero-order chi connectivity index (χ0) is 20.5. The molecular formula is C22H14FN3O3. The third kappa shape index (κ3) is 3.17. The Morgan fingerprint density at radius 3 is 2.66 bits per heavy atom. The van der Waals surface area contributed by atoms with E-state index < -0.39 is 23.7 Å². The number of urea groups is 1. The van der Waals surface area contributed by atoms with Crippen LogP contribution >= 0.6 is 0 Å². The van der Waals surface area contributed by atoms with Crippen LogP contribution in [0.15, 0.2) is 60.3 Å². The van der Waals surface area contributed by atoms with Crippen molar-refractivity contribution >= 4 is 40.5 Å². The van der Waals surface area contributed by atoms with Crippen molar-refractivity contribution in [1.29, 1.82) is 0 Å². The van der Waals surface area contributed by atoms with Crippen LogP contribution in [0.1, 0.15) is 5.56 Å². The molecule has 29 heavy (non-hydrogen) atoms. The number of benzene rings is 2. The predicted molar refractivity (Wildman–Crippen MR) is 106 cm³/mol. The minimum absolute atomic E-state index is 0.0284. The normalized spacial score (nSPS) is 15.7. The molecule has 2 aromatic carbocycles. The standard InChI is InChI=1S/C22H14FN3O3/c1-2-10-25-13-14(17-8-3-4-9-19(17)25)11-18-20(27)24-22(29)26(21(18)28)16-7-5-6-15(23)12-16/h1,3-9,11-13H,10H2,(H,24,27,29). The van der Waals surface area contributed by atoms with Gasteiger partial charge in [0.05, 0.1) is 12.2 Å². The van der Waals surface area contributed by atoms with Crippen LogP contribution in [0.2, 0.25) is 0 Å². The Morgan fingerprint density at radius 2 is 1.90 bits per heavy atom. The van der Waals surface area contributed by atoms with Gasteiger partial charge in [0.2, 0.25) is 0 Å². The first-order chi connectivity index (χ1) is 14.0. The van der Waals surface area contributed by atoms with E-state index >= 15 is 0 Å². The average molecular weight is 387 g/mol. The third-order valence-electron chi connectivity index (χ3n) is 4.55. The summed E-state index contributed by atoms with van der Waals surface area (Å²) in [4.78, 5) is 38.3. The molecule has 0 spiro atoms. The van der Waals surface area contributed by atoms with Gasteiger partial charge in [-0.25, -0.2) is 14.1 Å². The number of halogens is 1. The molecule has 0 aliphatic carbocycles. The quantitative estimate of drug-likeness (QED) is 0.427. The van der Waals surface area contributed by atoms with Gasteiger partial charge in [0, 0.05) is 22.7 Å². The van der Waals surface area contributed by atoms with E-state index in [1.165, 1.54) is 24.3 Å². The van der Waals surface area contributed by atoms with Gasteiger partial charge in [-0.15, -0.1) is 6.42 Å². The van der Waals surface area contributed by atoms with Crippen molar-refractivity contribution in [3.05, 3.63) is 71.7 Å². The Hall–Kier alpha value is -4.18. The molecule has 6 nitrogen and oxygen atoms in total. The van der Waals surface area contributed by atoms with Gasteiger partial charge >= 0.3 is 6.03 Å². The van der Waals surface area contributed by atoms with Gasteiger partial charge in [-0.2, -0.15) is 0 Å². The number of rotatable bonds is 3. The molecule has 3 aromatic rings. The number of hydrogen-bond acceptors (Lipinski definition) is 3. The molecule has 0 radical (unpaired) electrons. The molecule has 7 heteroatoms. The summed E-state index contributed by atoms with van der Waals surface area (Å²) in [5.74, 6) is 0.296. The lowest BCUT2D eigenvalue weighted by molar-refractivity contribution is -0.122. The van der Waals surface area contributed by atoms with Gasteiger partial charge < -0.3 is 4.57 Å². The van der Waals surface area contributed by atoms with Gasteiger partial charge in [-0.05, 0) is 30.3 Å². The van der Waals surface area contributed by atoms with E-state index in [0.717, 1.165) is 21.9 Å². The van der Waals surface area contributed by atoms with Crippen LogP contribution in [0.3, 0.4) is 0 Å². The van der Waals surface area contributed by atoms with Gasteiger partial charge in [0.25, 0.3) is 11.8 Å². The van der Waals surface area contributed by atoms with Crippen LogP contribution < -0.4 is 10.2 Å². The number of imide groups is 2. The molecule has 0 bridgehead atoms. The second-order valence-electron chi connectivity index (χ2n) is 6.37. The van der Waals surface area contributed by atoms with Crippen LogP contribution in [0.4, 0.5) is 14.9 Å². The number of nitrogens with zero attached hydrogens (tertiary/aromatic N) is 2. The lowest BCUT2D eigenvalue weighted by atomic mass is 10.1.